The Labute approximate surface area is 176 Å². The van der Waals surface area contributed by atoms with Gasteiger partial charge in [-0.1, -0.05) is 0 Å². The van der Waals surface area contributed by atoms with Crippen molar-refractivity contribution in [2.75, 3.05) is 19.0 Å². The van der Waals surface area contributed by atoms with Crippen molar-refractivity contribution < 1.29 is 29.0 Å². The molecule has 0 saturated heterocycles. The van der Waals surface area contributed by atoms with Crippen LogP contribution >= 0.6 is 11.3 Å². The quantitative estimate of drug-likeness (QED) is 0.279. The second-order valence-electron chi connectivity index (χ2n) is 6.37. The summed E-state index contributed by atoms with van der Waals surface area (Å²) in [6, 6.07) is 4.50. The Hall–Kier alpha value is -3.40. The average Bonchev–Trinajstić information content (AvgIpc) is 3.29. The van der Waals surface area contributed by atoms with Crippen LogP contribution in [0, 0.1) is 0 Å². The van der Waals surface area contributed by atoms with Crippen LogP contribution < -0.4 is 15.5 Å². The highest BCUT2D eigenvalue weighted by atomic mass is 32.1. The van der Waals surface area contributed by atoms with E-state index in [1.807, 2.05) is 0 Å². The van der Waals surface area contributed by atoms with Gasteiger partial charge in [0.1, 0.15) is 5.00 Å². The molecule has 1 aromatic carbocycles. The van der Waals surface area contributed by atoms with Crippen LogP contribution in [0.1, 0.15) is 39.7 Å². The number of ether oxygens (including phenoxy) is 2. The van der Waals surface area contributed by atoms with Crippen LogP contribution in [0.3, 0.4) is 0 Å². The molecule has 30 heavy (non-hydrogen) atoms. The van der Waals surface area contributed by atoms with E-state index in [0.717, 1.165) is 29.7 Å². The summed E-state index contributed by atoms with van der Waals surface area (Å²) in [5.74, 6) is -2.22. The number of benzene rings is 1. The Bertz CT molecular complexity index is 1010. The summed E-state index contributed by atoms with van der Waals surface area (Å²) >= 11 is 1.29. The third-order valence-electron chi connectivity index (χ3n) is 4.42. The number of anilines is 1. The van der Waals surface area contributed by atoms with Crippen molar-refractivity contribution in [3.05, 3.63) is 39.8 Å². The number of hydrazone groups is 1. The van der Waals surface area contributed by atoms with Crippen molar-refractivity contribution in [3.63, 3.8) is 0 Å². The number of hydrogen-bond acceptors (Lipinski definition) is 8. The highest BCUT2D eigenvalue weighted by Crippen LogP contribution is 2.39. The zero-order valence-corrected chi connectivity index (χ0v) is 17.3. The number of nitrogens with zero attached hydrogens (tertiary/aromatic N) is 1. The van der Waals surface area contributed by atoms with E-state index >= 15 is 0 Å². The molecule has 2 amide bonds. The number of phenolic OH excluding ortho intramolecular Hbond substituents is 1. The predicted molar refractivity (Wildman–Crippen MR) is 111 cm³/mol. The van der Waals surface area contributed by atoms with Crippen molar-refractivity contribution in [2.45, 2.75) is 26.2 Å². The first-order valence-electron chi connectivity index (χ1n) is 9.27. The van der Waals surface area contributed by atoms with E-state index in [0.29, 0.717) is 16.1 Å². The number of aromatic hydroxyl groups is 1. The van der Waals surface area contributed by atoms with Gasteiger partial charge in [0.05, 0.1) is 25.5 Å². The lowest BCUT2D eigenvalue weighted by atomic mass is 10.1. The smallest absolute Gasteiger partial charge is 0.341 e. The number of fused-ring (bicyclic) bond motifs is 1. The van der Waals surface area contributed by atoms with E-state index < -0.39 is 17.8 Å². The number of amides is 2. The minimum atomic E-state index is -0.986. The highest BCUT2D eigenvalue weighted by Gasteiger charge is 2.29. The fraction of sp³-hybridized carbons (Fsp3) is 0.300. The fourth-order valence-electron chi connectivity index (χ4n) is 3.06. The molecule has 0 bridgehead atoms. The average molecular weight is 431 g/mol. The molecule has 1 aromatic heterocycles. The highest BCUT2D eigenvalue weighted by molar-refractivity contribution is 7.17. The lowest BCUT2D eigenvalue weighted by molar-refractivity contribution is -0.136. The van der Waals surface area contributed by atoms with E-state index in [1.54, 1.807) is 13.0 Å². The maximum atomic E-state index is 12.3. The molecule has 0 saturated carbocycles. The van der Waals surface area contributed by atoms with Crippen LogP contribution in [0.15, 0.2) is 23.3 Å². The third-order valence-corrected chi connectivity index (χ3v) is 5.62. The minimum Gasteiger partial charge on any atom is -0.504 e. The van der Waals surface area contributed by atoms with Gasteiger partial charge in [0, 0.05) is 4.88 Å². The van der Waals surface area contributed by atoms with Crippen LogP contribution in [0.25, 0.3) is 0 Å². The number of aryl methyl sites for hydroxylation is 1. The van der Waals surface area contributed by atoms with Crippen molar-refractivity contribution in [2.24, 2.45) is 5.10 Å². The van der Waals surface area contributed by atoms with Gasteiger partial charge in [0.15, 0.2) is 11.5 Å². The zero-order valence-electron chi connectivity index (χ0n) is 16.5. The Morgan fingerprint density at radius 2 is 2.07 bits per heavy atom. The van der Waals surface area contributed by atoms with Gasteiger partial charge in [-0.2, -0.15) is 5.10 Å². The van der Waals surface area contributed by atoms with Gasteiger partial charge >= 0.3 is 17.8 Å². The first-order chi connectivity index (χ1) is 14.4. The summed E-state index contributed by atoms with van der Waals surface area (Å²) in [6.07, 6.45) is 3.81. The molecule has 0 unspecified atom stereocenters. The summed E-state index contributed by atoms with van der Waals surface area (Å²) < 4.78 is 10.1. The Balaban J connectivity index is 1.66. The number of phenols is 1. The van der Waals surface area contributed by atoms with Crippen molar-refractivity contribution in [1.82, 2.24) is 5.43 Å². The maximum absolute atomic E-state index is 12.3. The fourth-order valence-corrected chi connectivity index (χ4v) is 4.33. The lowest BCUT2D eigenvalue weighted by Gasteiger charge is -2.07. The SMILES string of the molecule is CCOC(=O)c1c(NC(=O)C(=O)N/N=C/c2ccc(O)c(OC)c2)sc2c1CCC2. The molecule has 3 rings (SSSR count). The molecule has 0 spiro atoms. The van der Waals surface area contributed by atoms with Gasteiger partial charge in [-0.15, -0.1) is 11.3 Å². The van der Waals surface area contributed by atoms with E-state index in [-0.39, 0.29) is 18.1 Å². The second-order valence-corrected chi connectivity index (χ2v) is 7.47. The molecule has 9 nitrogen and oxygen atoms in total. The predicted octanol–water partition coefficient (Wildman–Crippen LogP) is 2.22. The molecule has 0 radical (unpaired) electrons. The number of hydrogen-bond donors (Lipinski definition) is 3. The van der Waals surface area contributed by atoms with Gasteiger partial charge in [0.2, 0.25) is 0 Å². The number of carbonyl (C=O) groups excluding carboxylic acids is 3. The van der Waals surface area contributed by atoms with Crippen molar-refractivity contribution >= 4 is 40.3 Å². The van der Waals surface area contributed by atoms with Crippen LogP contribution in [0.4, 0.5) is 5.00 Å². The molecule has 2 aromatic rings. The number of carbonyl (C=O) groups is 3. The topological polar surface area (TPSA) is 126 Å². The number of rotatable bonds is 6. The number of thiophene rings is 1. The Morgan fingerprint density at radius 3 is 2.80 bits per heavy atom. The summed E-state index contributed by atoms with van der Waals surface area (Å²) in [4.78, 5) is 37.7. The first-order valence-corrected chi connectivity index (χ1v) is 10.1. The van der Waals surface area contributed by atoms with Gasteiger partial charge in [-0.3, -0.25) is 9.59 Å². The summed E-state index contributed by atoms with van der Waals surface area (Å²) in [5, 5.41) is 16.1. The van der Waals surface area contributed by atoms with Gasteiger partial charge in [-0.05, 0) is 55.5 Å². The minimum absolute atomic E-state index is 0.0293. The molecule has 0 atom stereocenters. The normalized spacial score (nSPS) is 12.5. The van der Waals surface area contributed by atoms with Crippen LogP contribution in [0.2, 0.25) is 0 Å². The van der Waals surface area contributed by atoms with Crippen LogP contribution in [-0.4, -0.2) is 42.8 Å². The number of nitrogens with one attached hydrogen (secondary N) is 2. The Kier molecular flexibility index (Phi) is 6.68. The molecule has 0 fully saturated rings. The third kappa shape index (κ3) is 4.60. The van der Waals surface area contributed by atoms with Gasteiger partial charge in [-0.25, -0.2) is 10.2 Å². The first kappa shape index (κ1) is 21.3. The zero-order chi connectivity index (χ0) is 21.7. The van der Waals surface area contributed by atoms with E-state index in [2.05, 4.69) is 15.8 Å². The number of esters is 1. The largest absolute Gasteiger partial charge is 0.504 e. The summed E-state index contributed by atoms with van der Waals surface area (Å²) in [7, 11) is 1.41. The molecular formula is C20H21N3O6S. The molecule has 1 heterocycles. The van der Waals surface area contributed by atoms with E-state index in [9.17, 15) is 19.5 Å². The molecular weight excluding hydrogens is 410 g/mol. The molecule has 10 heteroatoms. The monoisotopic (exact) mass is 431 g/mol. The van der Waals surface area contributed by atoms with Crippen molar-refractivity contribution in [1.29, 1.82) is 0 Å². The van der Waals surface area contributed by atoms with Crippen LogP contribution in [0.5, 0.6) is 11.5 Å². The van der Waals surface area contributed by atoms with Gasteiger partial charge < -0.3 is 19.9 Å². The summed E-state index contributed by atoms with van der Waals surface area (Å²) in [5.41, 5.74) is 3.89. The van der Waals surface area contributed by atoms with Crippen LogP contribution in [-0.2, 0) is 27.2 Å². The summed E-state index contributed by atoms with van der Waals surface area (Å²) in [6.45, 7) is 1.92. The standard InChI is InChI=1S/C20H21N3O6S/c1-3-29-20(27)16-12-5-4-6-15(12)30-19(16)22-17(25)18(26)23-21-10-11-7-8-13(24)14(9-11)28-2/h7-10,24H,3-6H2,1-2H3,(H,22,25)(H,23,26)/b21-10+. The second kappa shape index (κ2) is 9.40. The molecule has 1 aliphatic carbocycles. The van der Waals surface area contributed by atoms with E-state index in [1.165, 1.54) is 36.8 Å². The molecule has 3 N–H and O–H groups in total. The van der Waals surface area contributed by atoms with Gasteiger partial charge in [0.25, 0.3) is 0 Å². The van der Waals surface area contributed by atoms with E-state index in [4.69, 9.17) is 9.47 Å². The molecule has 1 aliphatic rings. The van der Waals surface area contributed by atoms with Crippen molar-refractivity contribution in [3.8, 4) is 11.5 Å². The lowest BCUT2D eigenvalue weighted by Crippen LogP contribution is -2.32. The maximum Gasteiger partial charge on any atom is 0.341 e. The number of methoxy groups -OCH3 is 1. The molecule has 0 aliphatic heterocycles. The molecule has 158 valence electrons. The Morgan fingerprint density at radius 1 is 1.27 bits per heavy atom.